The Bertz CT molecular complexity index is 136. The van der Waals surface area contributed by atoms with E-state index in [1.165, 1.54) is 39.1 Å². The van der Waals surface area contributed by atoms with Crippen molar-refractivity contribution >= 4 is 0 Å². The third kappa shape index (κ3) is 3.28. The maximum Gasteiger partial charge on any atom is 0.00247 e. The highest BCUT2D eigenvalue weighted by molar-refractivity contribution is 4.80. The van der Waals surface area contributed by atoms with Gasteiger partial charge in [0.15, 0.2) is 0 Å². The van der Waals surface area contributed by atoms with Gasteiger partial charge in [-0.3, -0.25) is 0 Å². The minimum atomic E-state index is 0.867. The molecule has 1 aliphatic heterocycles. The van der Waals surface area contributed by atoms with E-state index in [0.29, 0.717) is 0 Å². The lowest BCUT2D eigenvalue weighted by molar-refractivity contribution is 0.228. The average Bonchev–Trinajstić information content (AvgIpc) is 2.51. The van der Waals surface area contributed by atoms with Crippen LogP contribution in [0.2, 0.25) is 0 Å². The van der Waals surface area contributed by atoms with Gasteiger partial charge in [0.2, 0.25) is 0 Å². The number of nitrogens with zero attached hydrogens (tertiary/aromatic N) is 1. The van der Waals surface area contributed by atoms with Gasteiger partial charge in [-0.25, -0.2) is 0 Å². The first kappa shape index (κ1) is 11.0. The molecule has 0 spiro atoms. The molecule has 2 atom stereocenters. The fourth-order valence-corrected chi connectivity index (χ4v) is 2.14. The Balaban J connectivity index is 2.27. The van der Waals surface area contributed by atoms with Gasteiger partial charge < -0.3 is 10.2 Å². The summed E-state index contributed by atoms with van der Waals surface area (Å²) in [6.07, 6.45) is 1.28. The Morgan fingerprint density at radius 2 is 2.08 bits per heavy atom. The summed E-state index contributed by atoms with van der Waals surface area (Å²) in [6, 6.07) is 0. The van der Waals surface area contributed by atoms with E-state index in [1.54, 1.807) is 0 Å². The standard InChI is InChI=1S/C11H24N2/c1-4-6-13(5-2)9-11-8-12-7-10(11)3/h10-12H,4-9H2,1-3H3. The van der Waals surface area contributed by atoms with Crippen LogP contribution in [0.4, 0.5) is 0 Å². The van der Waals surface area contributed by atoms with Gasteiger partial charge in [0.25, 0.3) is 0 Å². The Hall–Kier alpha value is -0.0800. The molecule has 0 bridgehead atoms. The molecule has 1 N–H and O–H groups in total. The minimum absolute atomic E-state index is 0.867. The van der Waals surface area contributed by atoms with Crippen LogP contribution in [0.15, 0.2) is 0 Å². The van der Waals surface area contributed by atoms with Gasteiger partial charge in [-0.05, 0) is 44.4 Å². The molecule has 0 aromatic heterocycles. The average molecular weight is 184 g/mol. The Morgan fingerprint density at radius 3 is 2.54 bits per heavy atom. The summed E-state index contributed by atoms with van der Waals surface area (Å²) in [6.45, 7) is 13.1. The zero-order valence-corrected chi connectivity index (χ0v) is 9.34. The molecule has 1 aliphatic rings. The molecule has 13 heavy (non-hydrogen) atoms. The molecule has 0 radical (unpaired) electrons. The van der Waals surface area contributed by atoms with Crippen molar-refractivity contribution in [3.8, 4) is 0 Å². The Morgan fingerprint density at radius 1 is 1.31 bits per heavy atom. The molecule has 1 rings (SSSR count). The maximum absolute atomic E-state index is 3.47. The summed E-state index contributed by atoms with van der Waals surface area (Å²) in [4.78, 5) is 2.58. The molecular formula is C11H24N2. The monoisotopic (exact) mass is 184 g/mol. The molecule has 0 saturated carbocycles. The first-order chi connectivity index (χ1) is 6.27. The zero-order valence-electron chi connectivity index (χ0n) is 9.34. The summed E-state index contributed by atoms with van der Waals surface area (Å²) >= 11 is 0. The lowest BCUT2D eigenvalue weighted by atomic mass is 9.97. The fraction of sp³-hybridized carbons (Fsp3) is 1.00. The maximum atomic E-state index is 3.47. The zero-order chi connectivity index (χ0) is 9.68. The molecule has 1 saturated heterocycles. The van der Waals surface area contributed by atoms with Crippen LogP contribution in [0.1, 0.15) is 27.2 Å². The highest BCUT2D eigenvalue weighted by atomic mass is 15.1. The molecule has 1 heterocycles. The third-order valence-electron chi connectivity index (χ3n) is 3.16. The second-order valence-electron chi connectivity index (χ2n) is 4.29. The number of rotatable bonds is 5. The van der Waals surface area contributed by atoms with Crippen molar-refractivity contribution in [1.82, 2.24) is 10.2 Å². The van der Waals surface area contributed by atoms with E-state index in [4.69, 9.17) is 0 Å². The van der Waals surface area contributed by atoms with E-state index in [-0.39, 0.29) is 0 Å². The van der Waals surface area contributed by atoms with Gasteiger partial charge in [-0.2, -0.15) is 0 Å². The number of hydrogen-bond acceptors (Lipinski definition) is 2. The van der Waals surface area contributed by atoms with Crippen molar-refractivity contribution in [2.75, 3.05) is 32.7 Å². The van der Waals surface area contributed by atoms with Gasteiger partial charge in [-0.15, -0.1) is 0 Å². The summed E-state index contributed by atoms with van der Waals surface area (Å²) in [5, 5.41) is 3.47. The first-order valence-electron chi connectivity index (χ1n) is 5.71. The van der Waals surface area contributed by atoms with Gasteiger partial charge in [0.1, 0.15) is 0 Å². The summed E-state index contributed by atoms with van der Waals surface area (Å²) in [5.41, 5.74) is 0. The van der Waals surface area contributed by atoms with Gasteiger partial charge in [-0.1, -0.05) is 20.8 Å². The van der Waals surface area contributed by atoms with Crippen molar-refractivity contribution < 1.29 is 0 Å². The second-order valence-corrected chi connectivity index (χ2v) is 4.29. The largest absolute Gasteiger partial charge is 0.316 e. The second kappa shape index (κ2) is 5.61. The Labute approximate surface area is 82.7 Å². The van der Waals surface area contributed by atoms with E-state index in [2.05, 4.69) is 31.0 Å². The van der Waals surface area contributed by atoms with Crippen LogP contribution in [0, 0.1) is 11.8 Å². The highest BCUT2D eigenvalue weighted by Gasteiger charge is 2.24. The van der Waals surface area contributed by atoms with Crippen LogP contribution in [0.3, 0.4) is 0 Å². The van der Waals surface area contributed by atoms with Gasteiger partial charge >= 0.3 is 0 Å². The van der Waals surface area contributed by atoms with Crippen LogP contribution < -0.4 is 5.32 Å². The molecule has 2 nitrogen and oxygen atoms in total. The topological polar surface area (TPSA) is 15.3 Å². The van der Waals surface area contributed by atoms with Crippen molar-refractivity contribution in [3.05, 3.63) is 0 Å². The molecule has 0 aromatic carbocycles. The third-order valence-corrected chi connectivity index (χ3v) is 3.16. The van der Waals surface area contributed by atoms with E-state index in [1.807, 2.05) is 0 Å². The van der Waals surface area contributed by atoms with E-state index < -0.39 is 0 Å². The normalized spacial score (nSPS) is 28.6. The minimum Gasteiger partial charge on any atom is -0.316 e. The van der Waals surface area contributed by atoms with Crippen molar-refractivity contribution in [1.29, 1.82) is 0 Å². The van der Waals surface area contributed by atoms with E-state index in [9.17, 15) is 0 Å². The Kier molecular flexibility index (Phi) is 4.74. The molecule has 0 aliphatic carbocycles. The van der Waals surface area contributed by atoms with Crippen LogP contribution in [-0.2, 0) is 0 Å². The predicted octanol–water partition coefficient (Wildman–Crippen LogP) is 1.57. The quantitative estimate of drug-likeness (QED) is 0.698. The highest BCUT2D eigenvalue weighted by Crippen LogP contribution is 2.16. The lowest BCUT2D eigenvalue weighted by Gasteiger charge is -2.25. The van der Waals surface area contributed by atoms with Crippen LogP contribution in [-0.4, -0.2) is 37.6 Å². The van der Waals surface area contributed by atoms with Crippen molar-refractivity contribution in [2.24, 2.45) is 11.8 Å². The van der Waals surface area contributed by atoms with Crippen molar-refractivity contribution in [3.63, 3.8) is 0 Å². The first-order valence-corrected chi connectivity index (χ1v) is 5.71. The molecule has 0 aromatic rings. The van der Waals surface area contributed by atoms with Crippen molar-refractivity contribution in [2.45, 2.75) is 27.2 Å². The molecular weight excluding hydrogens is 160 g/mol. The lowest BCUT2D eigenvalue weighted by Crippen LogP contribution is -2.32. The smallest absolute Gasteiger partial charge is 0.00247 e. The van der Waals surface area contributed by atoms with Crippen LogP contribution in [0.5, 0.6) is 0 Å². The van der Waals surface area contributed by atoms with Gasteiger partial charge in [0.05, 0.1) is 0 Å². The summed E-state index contributed by atoms with van der Waals surface area (Å²) in [5.74, 6) is 1.75. The van der Waals surface area contributed by atoms with Crippen LogP contribution >= 0.6 is 0 Å². The van der Waals surface area contributed by atoms with E-state index in [0.717, 1.165) is 11.8 Å². The molecule has 2 heteroatoms. The fourth-order valence-electron chi connectivity index (χ4n) is 2.14. The van der Waals surface area contributed by atoms with E-state index >= 15 is 0 Å². The summed E-state index contributed by atoms with van der Waals surface area (Å²) in [7, 11) is 0. The van der Waals surface area contributed by atoms with Crippen LogP contribution in [0.25, 0.3) is 0 Å². The molecule has 2 unspecified atom stereocenters. The number of hydrogen-bond donors (Lipinski definition) is 1. The molecule has 78 valence electrons. The van der Waals surface area contributed by atoms with Gasteiger partial charge in [0, 0.05) is 6.54 Å². The predicted molar refractivity (Wildman–Crippen MR) is 57.9 cm³/mol. The molecule has 0 amide bonds. The SMILES string of the molecule is CCCN(CC)CC1CNCC1C. The number of nitrogens with one attached hydrogen (secondary N) is 1. The molecule has 1 fully saturated rings. The summed E-state index contributed by atoms with van der Waals surface area (Å²) < 4.78 is 0.